The minimum atomic E-state index is -0.0960. The predicted octanol–water partition coefficient (Wildman–Crippen LogP) is 5.72. The molecular formula is C25H36Cl3N3O4S. The summed E-state index contributed by atoms with van der Waals surface area (Å²) >= 11 is 7.26. The second-order valence-electron chi connectivity index (χ2n) is 8.09. The van der Waals surface area contributed by atoms with Crippen molar-refractivity contribution in [2.45, 2.75) is 12.8 Å². The van der Waals surface area contributed by atoms with Crippen LogP contribution in [0.5, 0.6) is 17.2 Å². The van der Waals surface area contributed by atoms with E-state index < -0.39 is 0 Å². The van der Waals surface area contributed by atoms with Crippen LogP contribution in [0.3, 0.4) is 0 Å². The van der Waals surface area contributed by atoms with Crippen LogP contribution >= 0.6 is 48.2 Å². The number of rotatable bonds is 11. The highest BCUT2D eigenvalue weighted by atomic mass is 35.5. The van der Waals surface area contributed by atoms with E-state index in [1.54, 1.807) is 33.5 Å². The molecule has 1 fully saturated rings. The number of nitrogens with zero attached hydrogens (tertiary/aromatic N) is 2. The summed E-state index contributed by atoms with van der Waals surface area (Å²) in [6.45, 7) is 6.40. The molecule has 11 heteroatoms. The van der Waals surface area contributed by atoms with Gasteiger partial charge in [0.2, 0.25) is 5.75 Å². The third-order valence-electron chi connectivity index (χ3n) is 5.86. The number of ether oxygens (including phenoxy) is 3. The number of hydrogen-bond donors (Lipinski definition) is 1. The molecule has 3 rings (SSSR count). The predicted molar refractivity (Wildman–Crippen MR) is 155 cm³/mol. The maximum atomic E-state index is 12.4. The molecule has 1 aliphatic rings. The summed E-state index contributed by atoms with van der Waals surface area (Å²) < 4.78 is 16.0. The Morgan fingerprint density at radius 1 is 0.917 bits per heavy atom. The van der Waals surface area contributed by atoms with Crippen LogP contribution in [-0.2, 0) is 6.42 Å². The van der Waals surface area contributed by atoms with Crippen LogP contribution in [0, 0.1) is 0 Å². The molecule has 1 saturated heterocycles. The van der Waals surface area contributed by atoms with E-state index in [0.717, 1.165) is 62.9 Å². The number of anilines is 1. The Hall–Kier alpha value is -1.55. The van der Waals surface area contributed by atoms with Gasteiger partial charge in [0, 0.05) is 61.3 Å². The number of thioether (sulfide) groups is 1. The summed E-state index contributed by atoms with van der Waals surface area (Å²) in [6, 6.07) is 11.6. The lowest BCUT2D eigenvalue weighted by Gasteiger charge is -2.34. The Labute approximate surface area is 236 Å². The van der Waals surface area contributed by atoms with Crippen LogP contribution in [0.25, 0.3) is 0 Å². The molecule has 0 bridgehead atoms. The fourth-order valence-corrected chi connectivity index (χ4v) is 4.71. The summed E-state index contributed by atoms with van der Waals surface area (Å²) in [5.74, 6) is 2.29. The van der Waals surface area contributed by atoms with Gasteiger partial charge in [0.25, 0.3) is 5.24 Å². The van der Waals surface area contributed by atoms with Crippen LogP contribution in [-0.4, -0.2) is 81.4 Å². The van der Waals surface area contributed by atoms with Crippen molar-refractivity contribution in [2.24, 2.45) is 0 Å². The average molecular weight is 581 g/mol. The SMILES string of the molecule is COc1cc(NC(=O)SCCCN2CCN(CCc3ccc(Cl)cc3)CC2)cc(OC)c1OC.Cl.Cl. The number of nitrogens with one attached hydrogen (secondary N) is 1. The fourth-order valence-electron chi connectivity index (χ4n) is 3.94. The Bertz CT molecular complexity index is 904. The van der Waals surface area contributed by atoms with Gasteiger partial charge in [-0.15, -0.1) is 24.8 Å². The van der Waals surface area contributed by atoms with E-state index in [1.807, 2.05) is 12.1 Å². The molecule has 1 N–H and O–H groups in total. The number of amides is 1. The number of benzene rings is 2. The molecule has 0 saturated carbocycles. The summed E-state index contributed by atoms with van der Waals surface area (Å²) in [6.07, 6.45) is 2.02. The lowest BCUT2D eigenvalue weighted by molar-refractivity contribution is 0.134. The van der Waals surface area contributed by atoms with Gasteiger partial charge in [-0.05, 0) is 37.1 Å². The Morgan fingerprint density at radius 3 is 2.00 bits per heavy atom. The zero-order valence-corrected chi connectivity index (χ0v) is 24.2. The second-order valence-corrected chi connectivity index (χ2v) is 9.59. The smallest absolute Gasteiger partial charge is 0.283 e. The van der Waals surface area contributed by atoms with E-state index in [-0.39, 0.29) is 30.1 Å². The number of halogens is 3. The standard InChI is InChI=1S/C25H34ClN3O4S.2ClH/c1-31-22-17-21(18-23(32-2)24(22)33-3)27-25(30)34-16-4-10-28-12-14-29(15-13-28)11-9-19-5-7-20(26)8-6-19;;/h5-8,17-18H,4,9-16H2,1-3H3,(H,27,30);2*1H. The number of carbonyl (C=O) groups excluding carboxylic acids is 1. The first kappa shape index (κ1) is 32.5. The number of carbonyl (C=O) groups is 1. The van der Waals surface area contributed by atoms with Crippen molar-refractivity contribution in [3.8, 4) is 17.2 Å². The van der Waals surface area contributed by atoms with E-state index >= 15 is 0 Å². The fraction of sp³-hybridized carbons (Fsp3) is 0.480. The lowest BCUT2D eigenvalue weighted by Crippen LogP contribution is -2.47. The molecule has 0 radical (unpaired) electrons. The van der Waals surface area contributed by atoms with E-state index in [2.05, 4.69) is 27.2 Å². The van der Waals surface area contributed by atoms with E-state index in [4.69, 9.17) is 25.8 Å². The van der Waals surface area contributed by atoms with E-state index in [0.29, 0.717) is 22.9 Å². The lowest BCUT2D eigenvalue weighted by atomic mass is 10.1. The molecule has 1 heterocycles. The maximum Gasteiger partial charge on any atom is 0.283 e. The minimum absolute atomic E-state index is 0. The van der Waals surface area contributed by atoms with Crippen molar-refractivity contribution in [2.75, 3.05) is 71.7 Å². The van der Waals surface area contributed by atoms with Gasteiger partial charge >= 0.3 is 0 Å². The topological polar surface area (TPSA) is 63.3 Å². The number of methoxy groups -OCH3 is 3. The molecule has 7 nitrogen and oxygen atoms in total. The van der Waals surface area contributed by atoms with Gasteiger partial charge in [0.1, 0.15) is 0 Å². The van der Waals surface area contributed by atoms with Crippen molar-refractivity contribution >= 4 is 59.1 Å². The molecule has 0 unspecified atom stereocenters. The third kappa shape index (κ3) is 10.1. The Morgan fingerprint density at radius 2 is 1.47 bits per heavy atom. The zero-order valence-electron chi connectivity index (χ0n) is 21.0. The first-order valence-corrected chi connectivity index (χ1v) is 12.8. The summed E-state index contributed by atoms with van der Waals surface area (Å²) in [5, 5.41) is 3.59. The summed E-state index contributed by atoms with van der Waals surface area (Å²) in [7, 11) is 4.66. The highest BCUT2D eigenvalue weighted by molar-refractivity contribution is 8.13. The van der Waals surface area contributed by atoms with Crippen LogP contribution in [0.2, 0.25) is 5.02 Å². The van der Waals surface area contributed by atoms with Crippen LogP contribution in [0.15, 0.2) is 36.4 Å². The van der Waals surface area contributed by atoms with E-state index in [1.165, 1.54) is 17.3 Å². The van der Waals surface area contributed by atoms with Crippen molar-refractivity contribution in [3.05, 3.63) is 47.0 Å². The first-order valence-electron chi connectivity index (χ1n) is 11.5. The van der Waals surface area contributed by atoms with Crippen LogP contribution in [0.1, 0.15) is 12.0 Å². The molecule has 0 atom stereocenters. The van der Waals surface area contributed by atoms with Gasteiger partial charge in [-0.1, -0.05) is 35.5 Å². The van der Waals surface area contributed by atoms with Gasteiger partial charge in [0.05, 0.1) is 21.3 Å². The molecule has 2 aromatic rings. The molecule has 0 aliphatic carbocycles. The number of hydrogen-bond acceptors (Lipinski definition) is 7. The molecule has 2 aromatic carbocycles. The summed E-state index contributed by atoms with van der Waals surface area (Å²) in [5.41, 5.74) is 1.94. The van der Waals surface area contributed by atoms with Crippen LogP contribution in [0.4, 0.5) is 10.5 Å². The molecular weight excluding hydrogens is 545 g/mol. The van der Waals surface area contributed by atoms with Gasteiger partial charge < -0.3 is 29.3 Å². The second kappa shape index (κ2) is 17.1. The van der Waals surface area contributed by atoms with Crippen LogP contribution < -0.4 is 19.5 Å². The number of piperazine rings is 1. The monoisotopic (exact) mass is 579 g/mol. The van der Waals surface area contributed by atoms with Crippen molar-refractivity contribution in [1.82, 2.24) is 9.80 Å². The largest absolute Gasteiger partial charge is 0.493 e. The summed E-state index contributed by atoms with van der Waals surface area (Å²) in [4.78, 5) is 17.4. The molecule has 202 valence electrons. The van der Waals surface area contributed by atoms with E-state index in [9.17, 15) is 4.79 Å². The third-order valence-corrected chi connectivity index (χ3v) is 6.97. The molecule has 0 aromatic heterocycles. The molecule has 1 amide bonds. The Kier molecular flexibility index (Phi) is 15.4. The molecule has 36 heavy (non-hydrogen) atoms. The normalized spacial score (nSPS) is 13.8. The Balaban J connectivity index is 0.00000324. The van der Waals surface area contributed by atoms with Gasteiger partial charge in [-0.3, -0.25) is 4.79 Å². The average Bonchev–Trinajstić information content (AvgIpc) is 2.86. The van der Waals surface area contributed by atoms with Gasteiger partial charge in [-0.2, -0.15) is 0 Å². The van der Waals surface area contributed by atoms with Gasteiger partial charge in [0.15, 0.2) is 11.5 Å². The quantitative estimate of drug-likeness (QED) is 0.341. The highest BCUT2D eigenvalue weighted by Crippen LogP contribution is 2.40. The van der Waals surface area contributed by atoms with Crippen molar-refractivity contribution in [3.63, 3.8) is 0 Å². The highest BCUT2D eigenvalue weighted by Gasteiger charge is 2.17. The first-order chi connectivity index (χ1) is 16.5. The van der Waals surface area contributed by atoms with Crippen molar-refractivity contribution < 1.29 is 19.0 Å². The molecule has 1 aliphatic heterocycles. The minimum Gasteiger partial charge on any atom is -0.493 e. The molecule has 0 spiro atoms. The maximum absolute atomic E-state index is 12.4. The van der Waals surface area contributed by atoms with Crippen molar-refractivity contribution in [1.29, 1.82) is 0 Å². The zero-order chi connectivity index (χ0) is 24.3. The van der Waals surface area contributed by atoms with Gasteiger partial charge in [-0.25, -0.2) is 0 Å².